The molecule has 1 aliphatic rings. The Bertz CT molecular complexity index is 345. The third-order valence-electron chi connectivity index (χ3n) is 2.46. The fraction of sp³-hybridized carbons (Fsp3) is 0.400. The molecule has 2 rings (SSSR count). The second-order valence-electron chi connectivity index (χ2n) is 3.44. The molecule has 4 heteroatoms. The van der Waals surface area contributed by atoms with Crippen molar-refractivity contribution in [2.45, 2.75) is 18.9 Å². The van der Waals surface area contributed by atoms with E-state index in [0.29, 0.717) is 6.07 Å². The minimum Gasteiger partial charge on any atom is -0.310 e. The Labute approximate surface area is 79.9 Å². The number of hydrogen-bond acceptors (Lipinski definition) is 1. The van der Waals surface area contributed by atoms with Crippen molar-refractivity contribution in [3.05, 3.63) is 35.1 Å². The maximum atomic E-state index is 13.3. The molecule has 1 aromatic carbocycles. The van der Waals surface area contributed by atoms with Crippen molar-refractivity contribution >= 4 is 0 Å². The van der Waals surface area contributed by atoms with Gasteiger partial charge in [0.1, 0.15) is 5.82 Å². The summed E-state index contributed by atoms with van der Waals surface area (Å²) in [6, 6.07) is 1.37. The second-order valence-corrected chi connectivity index (χ2v) is 3.44. The summed E-state index contributed by atoms with van der Waals surface area (Å²) in [5.74, 6) is -2.79. The van der Waals surface area contributed by atoms with E-state index in [1.807, 2.05) is 0 Å². The molecular formula is C10H10F3N. The zero-order valence-electron chi connectivity index (χ0n) is 7.49. The van der Waals surface area contributed by atoms with E-state index in [4.69, 9.17) is 0 Å². The quantitative estimate of drug-likeness (QED) is 0.688. The molecule has 1 atom stereocenters. The monoisotopic (exact) mass is 201 g/mol. The molecule has 14 heavy (non-hydrogen) atoms. The van der Waals surface area contributed by atoms with Crippen molar-refractivity contribution in [2.75, 3.05) is 6.54 Å². The molecule has 1 nitrogen and oxygen atoms in total. The molecule has 0 radical (unpaired) electrons. The van der Waals surface area contributed by atoms with Gasteiger partial charge in [0.25, 0.3) is 0 Å². The summed E-state index contributed by atoms with van der Waals surface area (Å²) in [6.07, 6.45) is 1.63. The molecule has 1 aliphatic heterocycles. The van der Waals surface area contributed by atoms with Crippen LogP contribution in [-0.2, 0) is 0 Å². The number of rotatable bonds is 1. The normalized spacial score (nSPS) is 21.5. The molecule has 0 amide bonds. The van der Waals surface area contributed by atoms with Crippen LogP contribution >= 0.6 is 0 Å². The molecule has 1 aromatic rings. The molecule has 0 bridgehead atoms. The van der Waals surface area contributed by atoms with Gasteiger partial charge in [-0.15, -0.1) is 0 Å². The van der Waals surface area contributed by atoms with E-state index in [2.05, 4.69) is 5.32 Å². The summed E-state index contributed by atoms with van der Waals surface area (Å²) in [4.78, 5) is 0. The maximum absolute atomic E-state index is 13.3. The largest absolute Gasteiger partial charge is 0.310 e. The van der Waals surface area contributed by atoms with E-state index in [0.717, 1.165) is 25.5 Å². The molecule has 1 saturated heterocycles. The molecule has 0 aliphatic carbocycles. The van der Waals surface area contributed by atoms with Gasteiger partial charge in [-0.2, -0.15) is 0 Å². The van der Waals surface area contributed by atoms with Gasteiger partial charge in [0.15, 0.2) is 11.6 Å². The van der Waals surface area contributed by atoms with Crippen LogP contribution in [0, 0.1) is 17.5 Å². The highest BCUT2D eigenvalue weighted by molar-refractivity contribution is 5.24. The molecule has 1 N–H and O–H groups in total. The first kappa shape index (κ1) is 9.52. The Kier molecular flexibility index (Phi) is 2.46. The highest BCUT2D eigenvalue weighted by atomic mass is 19.2. The Morgan fingerprint density at radius 2 is 2.00 bits per heavy atom. The van der Waals surface area contributed by atoms with Crippen LogP contribution in [0.5, 0.6) is 0 Å². The van der Waals surface area contributed by atoms with Crippen LogP contribution in [0.3, 0.4) is 0 Å². The molecule has 1 fully saturated rings. The van der Waals surface area contributed by atoms with Crippen LogP contribution in [-0.4, -0.2) is 6.54 Å². The third-order valence-corrected chi connectivity index (χ3v) is 2.46. The third kappa shape index (κ3) is 1.62. The van der Waals surface area contributed by atoms with Crippen LogP contribution in [0.15, 0.2) is 12.1 Å². The average molecular weight is 201 g/mol. The molecular weight excluding hydrogens is 191 g/mol. The minimum atomic E-state index is -1.12. The van der Waals surface area contributed by atoms with Crippen molar-refractivity contribution < 1.29 is 13.2 Å². The van der Waals surface area contributed by atoms with Gasteiger partial charge in [-0.25, -0.2) is 13.2 Å². The molecule has 0 spiro atoms. The van der Waals surface area contributed by atoms with Crippen molar-refractivity contribution in [1.29, 1.82) is 0 Å². The Morgan fingerprint density at radius 3 is 2.64 bits per heavy atom. The van der Waals surface area contributed by atoms with E-state index >= 15 is 0 Å². The first-order valence-electron chi connectivity index (χ1n) is 4.56. The second kappa shape index (κ2) is 3.61. The van der Waals surface area contributed by atoms with Crippen molar-refractivity contribution in [3.8, 4) is 0 Å². The van der Waals surface area contributed by atoms with E-state index in [1.54, 1.807) is 0 Å². The summed E-state index contributed by atoms with van der Waals surface area (Å²) in [7, 11) is 0. The fourth-order valence-electron chi connectivity index (χ4n) is 1.78. The molecule has 0 aromatic heterocycles. The summed E-state index contributed by atoms with van der Waals surface area (Å²) in [6.45, 7) is 0.766. The Balaban J connectivity index is 2.40. The zero-order valence-corrected chi connectivity index (χ0v) is 7.49. The lowest BCUT2D eigenvalue weighted by molar-refractivity contribution is 0.468. The zero-order chi connectivity index (χ0) is 10.1. The van der Waals surface area contributed by atoms with Gasteiger partial charge in [-0.05, 0) is 25.5 Å². The van der Waals surface area contributed by atoms with Gasteiger partial charge in [0, 0.05) is 17.7 Å². The first-order chi connectivity index (χ1) is 6.68. The Morgan fingerprint density at radius 1 is 1.21 bits per heavy atom. The molecule has 1 heterocycles. The number of nitrogens with one attached hydrogen (secondary N) is 1. The van der Waals surface area contributed by atoms with E-state index in [9.17, 15) is 13.2 Å². The van der Waals surface area contributed by atoms with Gasteiger partial charge >= 0.3 is 0 Å². The predicted molar refractivity (Wildman–Crippen MR) is 46.3 cm³/mol. The van der Waals surface area contributed by atoms with Gasteiger partial charge < -0.3 is 5.32 Å². The minimum absolute atomic E-state index is 0.0972. The Hall–Kier alpha value is -1.03. The van der Waals surface area contributed by atoms with Crippen molar-refractivity contribution in [3.63, 3.8) is 0 Å². The number of hydrogen-bond donors (Lipinski definition) is 1. The number of halogens is 3. The fourth-order valence-corrected chi connectivity index (χ4v) is 1.78. The summed E-state index contributed by atoms with van der Waals surface area (Å²) in [5, 5.41) is 2.99. The van der Waals surface area contributed by atoms with Gasteiger partial charge in [-0.1, -0.05) is 0 Å². The lowest BCUT2D eigenvalue weighted by atomic mass is 10.0. The summed E-state index contributed by atoms with van der Waals surface area (Å²) in [5.41, 5.74) is 0.0972. The van der Waals surface area contributed by atoms with Crippen molar-refractivity contribution in [1.82, 2.24) is 5.32 Å². The van der Waals surface area contributed by atoms with Crippen LogP contribution in [0.2, 0.25) is 0 Å². The van der Waals surface area contributed by atoms with Crippen LogP contribution in [0.4, 0.5) is 13.2 Å². The van der Waals surface area contributed by atoms with Crippen LogP contribution in [0.25, 0.3) is 0 Å². The van der Waals surface area contributed by atoms with Crippen LogP contribution < -0.4 is 5.32 Å². The maximum Gasteiger partial charge on any atom is 0.163 e. The van der Waals surface area contributed by atoms with E-state index in [1.165, 1.54) is 0 Å². The molecule has 0 saturated carbocycles. The SMILES string of the molecule is Fc1cc(F)c(F)c([C@@H]2CCCN2)c1. The van der Waals surface area contributed by atoms with E-state index < -0.39 is 17.5 Å². The van der Waals surface area contributed by atoms with Crippen molar-refractivity contribution in [2.24, 2.45) is 0 Å². The number of benzene rings is 1. The lowest BCUT2D eigenvalue weighted by Gasteiger charge is -2.11. The first-order valence-corrected chi connectivity index (χ1v) is 4.56. The average Bonchev–Trinajstić information content (AvgIpc) is 2.63. The summed E-state index contributed by atoms with van der Waals surface area (Å²) >= 11 is 0. The predicted octanol–water partition coefficient (Wildman–Crippen LogP) is 2.53. The molecule has 76 valence electrons. The smallest absolute Gasteiger partial charge is 0.163 e. The topological polar surface area (TPSA) is 12.0 Å². The highest BCUT2D eigenvalue weighted by Crippen LogP contribution is 2.27. The van der Waals surface area contributed by atoms with Crippen LogP contribution in [0.1, 0.15) is 24.4 Å². The van der Waals surface area contributed by atoms with Gasteiger partial charge in [0.05, 0.1) is 0 Å². The lowest BCUT2D eigenvalue weighted by Crippen LogP contribution is -2.15. The highest BCUT2D eigenvalue weighted by Gasteiger charge is 2.22. The standard InChI is InChI=1S/C10H10F3N/c11-6-4-7(9-2-1-3-14-9)10(13)8(12)5-6/h4-5,9,14H,1-3H2/t9-/m0/s1. The summed E-state index contributed by atoms with van der Waals surface area (Å²) < 4.78 is 38.9. The van der Waals surface area contributed by atoms with Gasteiger partial charge in [0.2, 0.25) is 0 Å². The van der Waals surface area contributed by atoms with Gasteiger partial charge in [-0.3, -0.25) is 0 Å². The van der Waals surface area contributed by atoms with E-state index in [-0.39, 0.29) is 11.6 Å². The molecule has 0 unspecified atom stereocenters.